The van der Waals surface area contributed by atoms with Crippen molar-refractivity contribution in [2.45, 2.75) is 69.9 Å². The largest absolute Gasteiger partial charge is 0.348 e. The normalized spacial score (nSPS) is 25.5. The van der Waals surface area contributed by atoms with E-state index < -0.39 is 10.0 Å². The van der Waals surface area contributed by atoms with Gasteiger partial charge in [0.25, 0.3) is 5.91 Å². The van der Waals surface area contributed by atoms with Crippen molar-refractivity contribution in [3.05, 3.63) is 29.8 Å². The topological polar surface area (TPSA) is 69.7 Å². The minimum atomic E-state index is -3.58. The lowest BCUT2D eigenvalue weighted by Gasteiger charge is -2.33. The number of hydrogen-bond donors (Lipinski definition) is 1. The second-order valence-electron chi connectivity index (χ2n) is 8.87. The molecule has 0 bridgehead atoms. The monoisotopic (exact) mass is 421 g/mol. The van der Waals surface area contributed by atoms with Crippen LogP contribution in [0.5, 0.6) is 0 Å². The zero-order valence-corrected chi connectivity index (χ0v) is 18.7. The van der Waals surface area contributed by atoms with E-state index >= 15 is 0 Å². The molecule has 3 rings (SSSR count). The van der Waals surface area contributed by atoms with E-state index in [0.717, 1.165) is 38.9 Å². The Morgan fingerprint density at radius 3 is 2.69 bits per heavy atom. The van der Waals surface area contributed by atoms with Crippen molar-refractivity contribution in [3.8, 4) is 0 Å². The van der Waals surface area contributed by atoms with E-state index in [9.17, 15) is 13.2 Å². The third-order valence-corrected chi connectivity index (χ3v) is 8.11. The van der Waals surface area contributed by atoms with Gasteiger partial charge in [-0.15, -0.1) is 0 Å². The molecule has 3 atom stereocenters. The fraction of sp³-hybridized carbons (Fsp3) is 0.682. The molecule has 1 aromatic rings. The maximum atomic E-state index is 13.1. The van der Waals surface area contributed by atoms with Crippen LogP contribution >= 0.6 is 0 Å². The number of benzene rings is 1. The van der Waals surface area contributed by atoms with Gasteiger partial charge in [0.1, 0.15) is 0 Å². The van der Waals surface area contributed by atoms with Crippen LogP contribution in [0.1, 0.15) is 63.2 Å². The van der Waals surface area contributed by atoms with Gasteiger partial charge < -0.3 is 10.2 Å². The van der Waals surface area contributed by atoms with Crippen molar-refractivity contribution < 1.29 is 13.2 Å². The van der Waals surface area contributed by atoms with Crippen LogP contribution in [0.15, 0.2) is 29.2 Å². The molecule has 1 N–H and O–H groups in total. The van der Waals surface area contributed by atoms with Gasteiger partial charge in [-0.25, -0.2) is 8.42 Å². The van der Waals surface area contributed by atoms with Gasteiger partial charge >= 0.3 is 0 Å². The molecule has 7 heteroatoms. The Labute approximate surface area is 175 Å². The van der Waals surface area contributed by atoms with Gasteiger partial charge in [-0.1, -0.05) is 19.4 Å². The highest BCUT2D eigenvalue weighted by Crippen LogP contribution is 2.25. The van der Waals surface area contributed by atoms with E-state index in [1.165, 1.54) is 18.9 Å². The van der Waals surface area contributed by atoms with Crippen molar-refractivity contribution in [2.75, 3.05) is 26.2 Å². The summed E-state index contributed by atoms with van der Waals surface area (Å²) in [7, 11) is -3.58. The number of rotatable bonds is 6. The molecule has 6 nitrogen and oxygen atoms in total. The number of carbonyl (C=O) groups is 1. The predicted molar refractivity (Wildman–Crippen MR) is 115 cm³/mol. The van der Waals surface area contributed by atoms with Crippen molar-refractivity contribution >= 4 is 15.9 Å². The Hall–Kier alpha value is -1.44. The maximum absolute atomic E-state index is 13.1. The average Bonchev–Trinajstić information content (AvgIpc) is 2.68. The SMILES string of the molecule is CC1CCCN(CC(C)NC(=O)c2cccc(S(=O)(=O)N3CCCCC3C)c2)C1. The van der Waals surface area contributed by atoms with E-state index in [2.05, 4.69) is 17.1 Å². The van der Waals surface area contributed by atoms with E-state index in [4.69, 9.17) is 0 Å². The summed E-state index contributed by atoms with van der Waals surface area (Å²) in [6, 6.07) is 6.46. The highest BCUT2D eigenvalue weighted by atomic mass is 32.2. The number of amides is 1. The molecule has 2 fully saturated rings. The molecule has 3 unspecified atom stereocenters. The molecule has 0 saturated carbocycles. The van der Waals surface area contributed by atoms with Crippen molar-refractivity contribution in [3.63, 3.8) is 0 Å². The fourth-order valence-electron chi connectivity index (χ4n) is 4.55. The minimum absolute atomic E-state index is 0.00168. The predicted octanol–water partition coefficient (Wildman–Crippen LogP) is 3.10. The summed E-state index contributed by atoms with van der Waals surface area (Å²) in [4.78, 5) is 15.3. The zero-order chi connectivity index (χ0) is 21.0. The number of nitrogens with zero attached hydrogens (tertiary/aromatic N) is 2. The van der Waals surface area contributed by atoms with Crippen molar-refractivity contribution in [1.82, 2.24) is 14.5 Å². The first kappa shape index (κ1) is 22.2. The standard InChI is InChI=1S/C22H35N3O3S/c1-17-8-7-12-24(15-17)16-18(2)23-22(26)20-10-6-11-21(14-20)29(27,28)25-13-5-4-9-19(25)3/h6,10-11,14,17-19H,4-5,7-9,12-13,15-16H2,1-3H3,(H,23,26). The van der Waals surface area contributed by atoms with Crippen LogP contribution in [-0.2, 0) is 10.0 Å². The van der Waals surface area contributed by atoms with E-state index in [-0.39, 0.29) is 22.9 Å². The molecule has 2 heterocycles. The molecule has 2 saturated heterocycles. The molecule has 2 aliphatic rings. The third kappa shape index (κ3) is 5.58. The highest BCUT2D eigenvalue weighted by molar-refractivity contribution is 7.89. The molecular weight excluding hydrogens is 386 g/mol. The van der Waals surface area contributed by atoms with Gasteiger partial charge in [0.2, 0.25) is 10.0 Å². The fourth-order valence-corrected chi connectivity index (χ4v) is 6.30. The number of likely N-dealkylation sites (tertiary alicyclic amines) is 1. The summed E-state index contributed by atoms with van der Waals surface area (Å²) >= 11 is 0. The molecule has 2 aliphatic heterocycles. The number of sulfonamides is 1. The van der Waals surface area contributed by atoms with Gasteiger partial charge in [-0.2, -0.15) is 4.31 Å². The average molecular weight is 422 g/mol. The lowest BCUT2D eigenvalue weighted by molar-refractivity contribution is 0.0919. The van der Waals surface area contributed by atoms with Crippen LogP contribution in [0.4, 0.5) is 0 Å². The van der Waals surface area contributed by atoms with Crippen LogP contribution in [0, 0.1) is 5.92 Å². The molecule has 0 aliphatic carbocycles. The number of nitrogens with one attached hydrogen (secondary N) is 1. The van der Waals surface area contributed by atoms with Crippen LogP contribution in [-0.4, -0.2) is 61.8 Å². The molecule has 0 aromatic heterocycles. The smallest absolute Gasteiger partial charge is 0.251 e. The Morgan fingerprint density at radius 2 is 1.97 bits per heavy atom. The summed E-state index contributed by atoms with van der Waals surface area (Å²) in [6.45, 7) is 9.74. The first-order valence-corrected chi connectivity index (χ1v) is 12.4. The van der Waals surface area contributed by atoms with Gasteiger partial charge in [-0.3, -0.25) is 4.79 Å². The van der Waals surface area contributed by atoms with Crippen molar-refractivity contribution in [2.24, 2.45) is 5.92 Å². The van der Waals surface area contributed by atoms with Crippen LogP contribution in [0.3, 0.4) is 0 Å². The lowest BCUT2D eigenvalue weighted by Crippen LogP contribution is -2.45. The maximum Gasteiger partial charge on any atom is 0.251 e. The first-order chi connectivity index (χ1) is 13.8. The van der Waals surface area contributed by atoms with E-state index in [1.807, 2.05) is 13.8 Å². The van der Waals surface area contributed by atoms with Gasteiger partial charge in [0, 0.05) is 37.3 Å². The van der Waals surface area contributed by atoms with Gasteiger partial charge in [0.05, 0.1) is 4.90 Å². The Bertz CT molecular complexity index is 811. The molecular formula is C22H35N3O3S. The minimum Gasteiger partial charge on any atom is -0.348 e. The molecule has 29 heavy (non-hydrogen) atoms. The Balaban J connectivity index is 1.66. The number of piperidine rings is 2. The van der Waals surface area contributed by atoms with Gasteiger partial charge in [-0.05, 0) is 70.2 Å². The number of hydrogen-bond acceptors (Lipinski definition) is 4. The van der Waals surface area contributed by atoms with E-state index in [1.54, 1.807) is 22.5 Å². The van der Waals surface area contributed by atoms with Gasteiger partial charge in [0.15, 0.2) is 0 Å². The Morgan fingerprint density at radius 1 is 1.17 bits per heavy atom. The molecule has 0 radical (unpaired) electrons. The summed E-state index contributed by atoms with van der Waals surface area (Å²) in [5.74, 6) is 0.483. The molecule has 1 aromatic carbocycles. The summed E-state index contributed by atoms with van der Waals surface area (Å²) in [5, 5.41) is 3.04. The highest BCUT2D eigenvalue weighted by Gasteiger charge is 2.31. The van der Waals surface area contributed by atoms with Crippen molar-refractivity contribution in [1.29, 1.82) is 0 Å². The van der Waals surface area contributed by atoms with Crippen LogP contribution in [0.2, 0.25) is 0 Å². The summed E-state index contributed by atoms with van der Waals surface area (Å²) < 4.78 is 27.7. The second-order valence-corrected chi connectivity index (χ2v) is 10.8. The lowest BCUT2D eigenvalue weighted by atomic mass is 10.00. The number of carbonyl (C=O) groups excluding carboxylic acids is 1. The van der Waals surface area contributed by atoms with E-state index in [0.29, 0.717) is 18.0 Å². The molecule has 0 spiro atoms. The second kappa shape index (κ2) is 9.58. The third-order valence-electron chi connectivity index (χ3n) is 6.10. The zero-order valence-electron chi connectivity index (χ0n) is 17.9. The van der Waals surface area contributed by atoms with Crippen LogP contribution in [0.25, 0.3) is 0 Å². The quantitative estimate of drug-likeness (QED) is 0.766. The molecule has 1 amide bonds. The summed E-state index contributed by atoms with van der Waals surface area (Å²) in [5.41, 5.74) is 0.398. The first-order valence-electron chi connectivity index (χ1n) is 10.9. The summed E-state index contributed by atoms with van der Waals surface area (Å²) in [6.07, 6.45) is 5.30. The van der Waals surface area contributed by atoms with Crippen LogP contribution < -0.4 is 5.32 Å². The molecule has 162 valence electrons. The Kier molecular flexibility index (Phi) is 7.35.